The highest BCUT2D eigenvalue weighted by atomic mass is 16.4. The number of para-hydroxylation sites is 1. The van der Waals surface area contributed by atoms with Crippen LogP contribution in [0.5, 0.6) is 5.75 Å². The quantitative estimate of drug-likeness (QED) is 0.586. The Kier molecular flexibility index (Phi) is 6.27. The van der Waals surface area contributed by atoms with Crippen molar-refractivity contribution in [3.05, 3.63) is 42.0 Å². The zero-order chi connectivity index (χ0) is 14.1. The number of hydrogen-bond acceptors (Lipinski definition) is 4. The van der Waals surface area contributed by atoms with E-state index in [9.17, 15) is 14.4 Å². The van der Waals surface area contributed by atoms with Crippen LogP contribution in [0.25, 0.3) is 0 Å². The van der Waals surface area contributed by atoms with Crippen LogP contribution in [0.4, 0.5) is 0 Å². The van der Waals surface area contributed by atoms with Gasteiger partial charge in [-0.2, -0.15) is 0 Å². The van der Waals surface area contributed by atoms with Crippen molar-refractivity contribution in [2.75, 3.05) is 0 Å². The lowest BCUT2D eigenvalue weighted by atomic mass is 10.2. The Bertz CT molecular complexity index is 460. The van der Waals surface area contributed by atoms with Gasteiger partial charge >= 0.3 is 17.9 Å². The van der Waals surface area contributed by atoms with Crippen molar-refractivity contribution >= 4 is 17.9 Å². The maximum absolute atomic E-state index is 10.3. The first-order valence-electron chi connectivity index (χ1n) is 4.49. The van der Waals surface area contributed by atoms with E-state index < -0.39 is 17.9 Å². The van der Waals surface area contributed by atoms with E-state index in [1.165, 1.54) is 12.1 Å². The molecule has 0 aliphatic carbocycles. The topological polar surface area (TPSA) is 132 Å². The number of aromatic hydroxyl groups is 1. The molecule has 0 atom stereocenters. The van der Waals surface area contributed by atoms with Crippen LogP contribution >= 0.6 is 0 Å². The lowest BCUT2D eigenvalue weighted by Gasteiger charge is -1.95. The summed E-state index contributed by atoms with van der Waals surface area (Å²) in [5.41, 5.74) is -0.0671. The first-order valence-corrected chi connectivity index (χ1v) is 4.49. The predicted molar refractivity (Wildman–Crippen MR) is 59.5 cm³/mol. The molecule has 18 heavy (non-hydrogen) atoms. The Morgan fingerprint density at radius 2 is 1.33 bits per heavy atom. The Balaban J connectivity index is 0.000000331. The van der Waals surface area contributed by atoms with Gasteiger partial charge in [-0.15, -0.1) is 0 Å². The molecule has 0 saturated carbocycles. The third-order valence-corrected chi connectivity index (χ3v) is 1.50. The van der Waals surface area contributed by atoms with Crippen molar-refractivity contribution in [2.24, 2.45) is 0 Å². The molecule has 0 spiro atoms. The Morgan fingerprint density at radius 3 is 1.61 bits per heavy atom. The van der Waals surface area contributed by atoms with Crippen LogP contribution in [0, 0.1) is 0 Å². The van der Waals surface area contributed by atoms with Gasteiger partial charge in [0.25, 0.3) is 0 Å². The third-order valence-electron chi connectivity index (χ3n) is 1.50. The Labute approximate surface area is 101 Å². The molecule has 0 aliphatic heterocycles. The molecule has 0 saturated heterocycles. The van der Waals surface area contributed by atoms with Gasteiger partial charge in [0.05, 0.1) is 0 Å². The van der Waals surface area contributed by atoms with E-state index in [1.807, 2.05) is 0 Å². The van der Waals surface area contributed by atoms with E-state index in [4.69, 9.17) is 20.4 Å². The second-order valence-electron chi connectivity index (χ2n) is 2.83. The van der Waals surface area contributed by atoms with Gasteiger partial charge in [0, 0.05) is 12.2 Å². The van der Waals surface area contributed by atoms with Crippen molar-refractivity contribution in [2.45, 2.75) is 0 Å². The SMILES string of the molecule is O=C(O)/C=C\C(=O)O.O=C(O)c1ccccc1O. The number of hydrogen-bond donors (Lipinski definition) is 4. The lowest BCUT2D eigenvalue weighted by Crippen LogP contribution is -1.95. The van der Waals surface area contributed by atoms with Crippen LogP contribution < -0.4 is 0 Å². The molecule has 0 unspecified atom stereocenters. The molecule has 7 heteroatoms. The van der Waals surface area contributed by atoms with Gasteiger partial charge in [-0.1, -0.05) is 12.1 Å². The van der Waals surface area contributed by atoms with Gasteiger partial charge in [0.15, 0.2) is 0 Å². The Hall–Kier alpha value is -2.83. The van der Waals surface area contributed by atoms with E-state index in [0.29, 0.717) is 12.2 Å². The van der Waals surface area contributed by atoms with Crippen LogP contribution in [0.2, 0.25) is 0 Å². The maximum Gasteiger partial charge on any atom is 0.339 e. The van der Waals surface area contributed by atoms with Gasteiger partial charge in [0.2, 0.25) is 0 Å². The summed E-state index contributed by atoms with van der Waals surface area (Å²) in [7, 11) is 0. The van der Waals surface area contributed by atoms with Gasteiger partial charge in [0.1, 0.15) is 11.3 Å². The van der Waals surface area contributed by atoms with Crippen molar-refractivity contribution in [3.8, 4) is 5.75 Å². The summed E-state index contributed by atoms with van der Waals surface area (Å²) in [5, 5.41) is 32.9. The van der Waals surface area contributed by atoms with E-state index in [0.717, 1.165) is 0 Å². The number of carbonyl (C=O) groups is 3. The minimum atomic E-state index is -1.26. The number of carboxylic acids is 3. The predicted octanol–water partition coefficient (Wildman–Crippen LogP) is 0.802. The second kappa shape index (κ2) is 7.44. The first kappa shape index (κ1) is 15.2. The summed E-state index contributed by atoms with van der Waals surface area (Å²) in [6.45, 7) is 0. The smallest absolute Gasteiger partial charge is 0.339 e. The minimum absolute atomic E-state index is 0.0671. The van der Waals surface area contributed by atoms with Gasteiger partial charge in [-0.3, -0.25) is 0 Å². The number of aromatic carboxylic acids is 1. The van der Waals surface area contributed by atoms with Crippen LogP contribution in [0.1, 0.15) is 10.4 Å². The first-order chi connectivity index (χ1) is 8.34. The van der Waals surface area contributed by atoms with Crippen LogP contribution in [-0.2, 0) is 9.59 Å². The highest BCUT2D eigenvalue weighted by Crippen LogP contribution is 2.14. The fraction of sp³-hybridized carbons (Fsp3) is 0. The molecule has 0 amide bonds. The van der Waals surface area contributed by atoms with Crippen LogP contribution in [0.15, 0.2) is 36.4 Å². The number of aliphatic carboxylic acids is 2. The van der Waals surface area contributed by atoms with Gasteiger partial charge in [-0.05, 0) is 12.1 Å². The average molecular weight is 254 g/mol. The molecule has 0 heterocycles. The molecule has 0 aliphatic rings. The molecule has 1 aromatic rings. The average Bonchev–Trinajstić information content (AvgIpc) is 2.27. The monoisotopic (exact) mass is 254 g/mol. The molecule has 7 nitrogen and oxygen atoms in total. The van der Waals surface area contributed by atoms with Crippen molar-refractivity contribution in [1.82, 2.24) is 0 Å². The summed E-state index contributed by atoms with van der Waals surface area (Å²) in [5.74, 6) is -3.83. The molecular formula is C11H10O7. The van der Waals surface area contributed by atoms with Crippen molar-refractivity contribution in [3.63, 3.8) is 0 Å². The standard InChI is InChI=1S/C7H6O3.C4H4O4/c8-6-4-2-1-3-5(6)7(9)10;5-3(6)1-2-4(7)8/h1-4,8H,(H,9,10);1-2H,(H,5,6)(H,7,8)/b;2-1-. The molecule has 0 bridgehead atoms. The molecule has 0 fully saturated rings. The zero-order valence-electron chi connectivity index (χ0n) is 8.98. The van der Waals surface area contributed by atoms with Crippen LogP contribution in [0.3, 0.4) is 0 Å². The third kappa shape index (κ3) is 6.62. The summed E-state index contributed by atoms with van der Waals surface area (Å²) in [4.78, 5) is 29.4. The van der Waals surface area contributed by atoms with Gasteiger partial charge < -0.3 is 20.4 Å². The summed E-state index contributed by atoms with van der Waals surface area (Å²) in [6, 6.07) is 5.81. The van der Waals surface area contributed by atoms with E-state index in [2.05, 4.69) is 0 Å². The number of rotatable bonds is 3. The summed E-state index contributed by atoms with van der Waals surface area (Å²) < 4.78 is 0. The normalized spacial score (nSPS) is 9.33. The number of phenols is 1. The largest absolute Gasteiger partial charge is 0.507 e. The fourth-order valence-corrected chi connectivity index (χ4v) is 0.797. The number of benzene rings is 1. The molecular weight excluding hydrogens is 244 g/mol. The minimum Gasteiger partial charge on any atom is -0.507 e. The van der Waals surface area contributed by atoms with Crippen LogP contribution in [-0.4, -0.2) is 38.3 Å². The molecule has 1 rings (SSSR count). The summed E-state index contributed by atoms with van der Waals surface area (Å²) >= 11 is 0. The highest BCUT2D eigenvalue weighted by molar-refractivity contribution is 5.90. The molecule has 1 aromatic carbocycles. The van der Waals surface area contributed by atoms with E-state index in [-0.39, 0.29) is 11.3 Å². The van der Waals surface area contributed by atoms with E-state index in [1.54, 1.807) is 12.1 Å². The molecule has 0 aromatic heterocycles. The lowest BCUT2D eigenvalue weighted by molar-refractivity contribution is -0.134. The van der Waals surface area contributed by atoms with E-state index >= 15 is 0 Å². The van der Waals surface area contributed by atoms with Gasteiger partial charge in [-0.25, -0.2) is 14.4 Å². The Morgan fingerprint density at radius 1 is 0.889 bits per heavy atom. The molecule has 96 valence electrons. The maximum atomic E-state index is 10.3. The zero-order valence-corrected chi connectivity index (χ0v) is 8.98. The summed E-state index contributed by atoms with van der Waals surface area (Å²) in [6.07, 6.45) is 1.12. The molecule has 0 radical (unpaired) electrons. The highest BCUT2D eigenvalue weighted by Gasteiger charge is 2.05. The number of carboxylic acid groups (broad SMARTS) is 3. The van der Waals surface area contributed by atoms with Crippen molar-refractivity contribution < 1.29 is 34.8 Å². The second-order valence-corrected chi connectivity index (χ2v) is 2.83. The fourth-order valence-electron chi connectivity index (χ4n) is 0.797. The molecule has 4 N–H and O–H groups in total. The van der Waals surface area contributed by atoms with Crippen molar-refractivity contribution in [1.29, 1.82) is 0 Å².